The zero-order valence-corrected chi connectivity index (χ0v) is 17.5. The van der Waals surface area contributed by atoms with E-state index < -0.39 is 18.5 Å². The van der Waals surface area contributed by atoms with Crippen LogP contribution in [-0.2, 0) is 16.0 Å². The normalized spacial score (nSPS) is 30.5. The molecule has 3 fully saturated rings. The molecule has 0 bridgehead atoms. The third kappa shape index (κ3) is 4.98. The summed E-state index contributed by atoms with van der Waals surface area (Å²) in [5.41, 5.74) is 1.01. The van der Waals surface area contributed by atoms with Gasteiger partial charge in [0.25, 0.3) is 0 Å². The van der Waals surface area contributed by atoms with E-state index in [1.165, 1.54) is 37.0 Å². The Labute approximate surface area is 175 Å². The van der Waals surface area contributed by atoms with E-state index >= 15 is 0 Å². The van der Waals surface area contributed by atoms with Gasteiger partial charge in [0, 0.05) is 26.4 Å². The Morgan fingerprint density at radius 3 is 2.53 bits per heavy atom. The molecule has 2 aliphatic carbocycles. The van der Waals surface area contributed by atoms with E-state index in [1.54, 1.807) is 7.11 Å². The zero-order valence-electron chi connectivity index (χ0n) is 17.5. The third-order valence-corrected chi connectivity index (χ3v) is 7.21. The Kier molecular flexibility index (Phi) is 6.36. The van der Waals surface area contributed by atoms with Gasteiger partial charge in [-0.2, -0.15) is 13.2 Å². The van der Waals surface area contributed by atoms with Crippen LogP contribution >= 0.6 is 0 Å². The largest absolute Gasteiger partial charge is 0.397 e. The number of rotatable bonds is 5. The number of hydrogen-bond acceptors (Lipinski definition) is 4. The van der Waals surface area contributed by atoms with Gasteiger partial charge in [-0.15, -0.1) is 5.10 Å². The molecule has 4 rings (SSSR count). The van der Waals surface area contributed by atoms with Gasteiger partial charge in [0.1, 0.15) is 6.42 Å². The van der Waals surface area contributed by atoms with Crippen LogP contribution in [0.15, 0.2) is 6.20 Å². The molecule has 168 valence electrons. The fraction of sp³-hybridized carbons (Fsp3) is 0.857. The number of fused-ring (bicyclic) bond motifs is 1. The van der Waals surface area contributed by atoms with Crippen LogP contribution in [0, 0.1) is 17.8 Å². The van der Waals surface area contributed by atoms with Crippen LogP contribution in [0.4, 0.5) is 13.2 Å². The number of alkyl halides is 3. The first-order valence-electron chi connectivity index (χ1n) is 11.1. The van der Waals surface area contributed by atoms with Gasteiger partial charge in [0.15, 0.2) is 0 Å². The Bertz CT molecular complexity index is 732. The van der Waals surface area contributed by atoms with Crippen molar-refractivity contribution < 1.29 is 22.7 Å². The summed E-state index contributed by atoms with van der Waals surface area (Å²) in [6.07, 6.45) is 4.94. The van der Waals surface area contributed by atoms with Gasteiger partial charge in [0.05, 0.1) is 17.8 Å². The molecular weight excluding hydrogens is 397 g/mol. The van der Waals surface area contributed by atoms with Crippen molar-refractivity contribution in [2.75, 3.05) is 20.2 Å². The minimum atomic E-state index is -4.46. The number of carbonyl (C=O) groups excluding carboxylic acids is 1. The lowest BCUT2D eigenvalue weighted by molar-refractivity contribution is -0.160. The molecule has 6 nitrogen and oxygen atoms in total. The first-order valence-corrected chi connectivity index (χ1v) is 11.1. The molecule has 0 unspecified atom stereocenters. The second-order valence-corrected chi connectivity index (χ2v) is 9.32. The van der Waals surface area contributed by atoms with Crippen molar-refractivity contribution in [2.45, 2.75) is 76.1 Å². The molecule has 1 saturated heterocycles. The molecule has 1 aromatic heterocycles. The maximum atomic E-state index is 12.6. The first kappa shape index (κ1) is 21.6. The Balaban J connectivity index is 1.40. The van der Waals surface area contributed by atoms with Crippen molar-refractivity contribution in [1.82, 2.24) is 19.9 Å². The Morgan fingerprint density at radius 2 is 1.87 bits per heavy atom. The highest BCUT2D eigenvalue weighted by Gasteiger charge is 2.46. The quantitative estimate of drug-likeness (QED) is 0.716. The number of aromatic nitrogens is 3. The average Bonchev–Trinajstić information content (AvgIpc) is 3.33. The van der Waals surface area contributed by atoms with E-state index in [0.717, 1.165) is 25.0 Å². The summed E-state index contributed by atoms with van der Waals surface area (Å²) in [6.45, 7) is 0.770. The zero-order chi connectivity index (χ0) is 21.3. The summed E-state index contributed by atoms with van der Waals surface area (Å²) in [5.74, 6) is 0.206. The molecule has 1 aliphatic heterocycles. The molecule has 30 heavy (non-hydrogen) atoms. The number of halogens is 3. The predicted molar refractivity (Wildman–Crippen MR) is 104 cm³/mol. The summed E-state index contributed by atoms with van der Waals surface area (Å²) in [7, 11) is 1.67. The standard InChI is InChI=1S/C21H31F3N4O2/c1-30-19-9-16-12-27(20(29)10-21(22,23)24)11-15(16)8-18(19)28-13-17(25-26-28)7-14-5-3-2-4-6-14/h13-16,18-19H,2-12H2,1H3/t15-,16+,18-,19-/m1/s1. The van der Waals surface area contributed by atoms with Crippen LogP contribution in [0.25, 0.3) is 0 Å². The van der Waals surface area contributed by atoms with E-state index in [1.807, 2.05) is 10.9 Å². The predicted octanol–water partition coefficient (Wildman–Crippen LogP) is 3.78. The summed E-state index contributed by atoms with van der Waals surface area (Å²) in [6, 6.07) is 0.00141. The smallest absolute Gasteiger partial charge is 0.379 e. The van der Waals surface area contributed by atoms with E-state index in [-0.39, 0.29) is 24.0 Å². The topological polar surface area (TPSA) is 60.2 Å². The number of hydrogen-bond donors (Lipinski definition) is 0. The molecule has 3 aliphatic rings. The highest BCUT2D eigenvalue weighted by molar-refractivity contribution is 5.77. The van der Waals surface area contributed by atoms with E-state index in [0.29, 0.717) is 19.0 Å². The molecule has 2 heterocycles. The number of nitrogens with zero attached hydrogens (tertiary/aromatic N) is 4. The van der Waals surface area contributed by atoms with Crippen LogP contribution in [0.5, 0.6) is 0 Å². The minimum Gasteiger partial charge on any atom is -0.379 e. The number of likely N-dealkylation sites (tertiary alicyclic amines) is 1. The van der Waals surface area contributed by atoms with Crippen molar-refractivity contribution in [2.24, 2.45) is 17.8 Å². The molecule has 1 aromatic rings. The second kappa shape index (κ2) is 8.85. The van der Waals surface area contributed by atoms with Gasteiger partial charge in [-0.3, -0.25) is 4.79 Å². The van der Waals surface area contributed by atoms with Crippen molar-refractivity contribution in [3.63, 3.8) is 0 Å². The molecule has 0 spiro atoms. The summed E-state index contributed by atoms with van der Waals surface area (Å²) in [5, 5.41) is 8.77. The Morgan fingerprint density at radius 1 is 1.17 bits per heavy atom. The lowest BCUT2D eigenvalue weighted by atomic mass is 9.77. The fourth-order valence-corrected chi connectivity index (χ4v) is 5.66. The monoisotopic (exact) mass is 428 g/mol. The third-order valence-electron chi connectivity index (χ3n) is 7.21. The Hall–Kier alpha value is -1.64. The SMILES string of the molecule is CO[C@@H]1C[C@H]2CN(C(=O)CC(F)(F)F)C[C@H]2C[C@H]1n1cc(CC2CCCCC2)nn1. The highest BCUT2D eigenvalue weighted by Crippen LogP contribution is 2.42. The summed E-state index contributed by atoms with van der Waals surface area (Å²) >= 11 is 0. The molecule has 0 radical (unpaired) electrons. The van der Waals surface area contributed by atoms with Crippen LogP contribution in [0.2, 0.25) is 0 Å². The van der Waals surface area contributed by atoms with Crippen molar-refractivity contribution in [3.05, 3.63) is 11.9 Å². The van der Waals surface area contributed by atoms with Crippen molar-refractivity contribution in [3.8, 4) is 0 Å². The van der Waals surface area contributed by atoms with Gasteiger partial charge in [-0.25, -0.2) is 4.68 Å². The minimum absolute atomic E-state index is 0.00141. The van der Waals surface area contributed by atoms with Gasteiger partial charge in [-0.1, -0.05) is 37.3 Å². The van der Waals surface area contributed by atoms with Gasteiger partial charge in [0.2, 0.25) is 5.91 Å². The van der Waals surface area contributed by atoms with E-state index in [9.17, 15) is 18.0 Å². The number of methoxy groups -OCH3 is 1. The first-order chi connectivity index (χ1) is 14.3. The van der Waals surface area contributed by atoms with Gasteiger partial charge >= 0.3 is 6.18 Å². The fourth-order valence-electron chi connectivity index (χ4n) is 5.66. The van der Waals surface area contributed by atoms with Gasteiger partial charge < -0.3 is 9.64 Å². The average molecular weight is 428 g/mol. The van der Waals surface area contributed by atoms with E-state index in [4.69, 9.17) is 4.74 Å². The maximum absolute atomic E-state index is 12.6. The van der Waals surface area contributed by atoms with Crippen LogP contribution < -0.4 is 0 Å². The van der Waals surface area contributed by atoms with E-state index in [2.05, 4.69) is 10.3 Å². The molecule has 1 amide bonds. The number of ether oxygens (including phenoxy) is 1. The highest BCUT2D eigenvalue weighted by atomic mass is 19.4. The molecular formula is C21H31F3N4O2. The molecule has 0 aromatic carbocycles. The summed E-state index contributed by atoms with van der Waals surface area (Å²) < 4.78 is 45.5. The van der Waals surface area contributed by atoms with Crippen LogP contribution in [0.1, 0.15) is 63.1 Å². The number of amides is 1. The summed E-state index contributed by atoms with van der Waals surface area (Å²) in [4.78, 5) is 13.4. The molecule has 4 atom stereocenters. The second-order valence-electron chi connectivity index (χ2n) is 9.32. The van der Waals surface area contributed by atoms with Gasteiger partial charge in [-0.05, 0) is 37.0 Å². The molecule has 9 heteroatoms. The van der Waals surface area contributed by atoms with Crippen LogP contribution in [-0.4, -0.2) is 58.3 Å². The molecule has 0 N–H and O–H groups in total. The number of carbonyl (C=O) groups is 1. The maximum Gasteiger partial charge on any atom is 0.397 e. The van der Waals surface area contributed by atoms with Crippen molar-refractivity contribution in [1.29, 1.82) is 0 Å². The lowest BCUT2D eigenvalue weighted by Gasteiger charge is -2.36. The van der Waals surface area contributed by atoms with Crippen LogP contribution in [0.3, 0.4) is 0 Å². The van der Waals surface area contributed by atoms with Crippen molar-refractivity contribution >= 4 is 5.91 Å². The lowest BCUT2D eigenvalue weighted by Crippen LogP contribution is -2.37. The molecule has 2 saturated carbocycles.